The van der Waals surface area contributed by atoms with Gasteiger partial charge < -0.3 is 21.5 Å². The van der Waals surface area contributed by atoms with Crippen LogP contribution in [-0.2, 0) is 4.79 Å². The Morgan fingerprint density at radius 3 is 2.86 bits per heavy atom. The first kappa shape index (κ1) is 11.4. The standard InChI is InChI=1S/C9H19N3O2/c1-6-4-12(3-2-8(6)13)5-7(10)9(11)14/h6-8,13H,2-5,10H2,1H3,(H2,11,14). The molecule has 1 rings (SSSR count). The largest absolute Gasteiger partial charge is 0.393 e. The monoisotopic (exact) mass is 201 g/mol. The summed E-state index contributed by atoms with van der Waals surface area (Å²) >= 11 is 0. The van der Waals surface area contributed by atoms with Gasteiger partial charge in [-0.05, 0) is 12.3 Å². The summed E-state index contributed by atoms with van der Waals surface area (Å²) in [6.07, 6.45) is 0.517. The Morgan fingerprint density at radius 1 is 1.71 bits per heavy atom. The summed E-state index contributed by atoms with van der Waals surface area (Å²) in [6.45, 7) is 4.05. The third kappa shape index (κ3) is 2.94. The van der Waals surface area contributed by atoms with Crippen molar-refractivity contribution in [2.24, 2.45) is 17.4 Å². The fourth-order valence-electron chi connectivity index (χ4n) is 1.75. The zero-order valence-electron chi connectivity index (χ0n) is 8.52. The normalized spacial score (nSPS) is 31.4. The number of amides is 1. The van der Waals surface area contributed by atoms with Crippen LogP contribution < -0.4 is 11.5 Å². The number of aliphatic hydroxyl groups is 1. The predicted molar refractivity (Wildman–Crippen MR) is 53.4 cm³/mol. The maximum absolute atomic E-state index is 10.7. The number of nitrogens with zero attached hydrogens (tertiary/aromatic N) is 1. The third-order valence-electron chi connectivity index (χ3n) is 2.76. The molecule has 82 valence electrons. The smallest absolute Gasteiger partial charge is 0.235 e. The van der Waals surface area contributed by atoms with Crippen molar-refractivity contribution >= 4 is 5.91 Å². The molecule has 1 fully saturated rings. The molecule has 0 spiro atoms. The lowest BCUT2D eigenvalue weighted by Crippen LogP contribution is -2.50. The second-order valence-corrected chi connectivity index (χ2v) is 4.10. The number of nitrogens with two attached hydrogens (primary N) is 2. The number of hydrogen-bond acceptors (Lipinski definition) is 4. The third-order valence-corrected chi connectivity index (χ3v) is 2.76. The Bertz CT molecular complexity index is 210. The van der Waals surface area contributed by atoms with Crippen LogP contribution in [0, 0.1) is 5.92 Å². The molecule has 1 amide bonds. The van der Waals surface area contributed by atoms with Gasteiger partial charge in [0.05, 0.1) is 12.1 Å². The molecule has 5 nitrogen and oxygen atoms in total. The van der Waals surface area contributed by atoms with Gasteiger partial charge in [-0.25, -0.2) is 0 Å². The van der Waals surface area contributed by atoms with Crippen molar-refractivity contribution in [3.8, 4) is 0 Å². The molecule has 0 radical (unpaired) electrons. The minimum atomic E-state index is -0.600. The number of hydrogen-bond donors (Lipinski definition) is 3. The molecule has 0 saturated carbocycles. The highest BCUT2D eigenvalue weighted by Gasteiger charge is 2.25. The van der Waals surface area contributed by atoms with E-state index in [2.05, 4.69) is 4.90 Å². The van der Waals surface area contributed by atoms with E-state index >= 15 is 0 Å². The fraction of sp³-hybridized carbons (Fsp3) is 0.889. The van der Waals surface area contributed by atoms with E-state index in [1.165, 1.54) is 0 Å². The lowest BCUT2D eigenvalue weighted by atomic mass is 9.96. The number of likely N-dealkylation sites (tertiary alicyclic amines) is 1. The first-order valence-electron chi connectivity index (χ1n) is 4.96. The van der Waals surface area contributed by atoms with E-state index < -0.39 is 11.9 Å². The van der Waals surface area contributed by atoms with Crippen LogP contribution in [0.3, 0.4) is 0 Å². The number of rotatable bonds is 3. The number of piperidine rings is 1. The molecular formula is C9H19N3O2. The lowest BCUT2D eigenvalue weighted by molar-refractivity contribution is -0.119. The average Bonchev–Trinajstić information content (AvgIpc) is 2.11. The van der Waals surface area contributed by atoms with E-state index in [-0.39, 0.29) is 12.0 Å². The molecule has 1 heterocycles. The first-order valence-corrected chi connectivity index (χ1v) is 4.96. The minimum absolute atomic E-state index is 0.226. The van der Waals surface area contributed by atoms with E-state index in [1.807, 2.05) is 6.92 Å². The molecule has 0 bridgehead atoms. The molecule has 5 heteroatoms. The van der Waals surface area contributed by atoms with Crippen LogP contribution in [0.4, 0.5) is 0 Å². The van der Waals surface area contributed by atoms with Crippen LogP contribution in [0.2, 0.25) is 0 Å². The molecule has 1 aliphatic heterocycles. The molecule has 5 N–H and O–H groups in total. The van der Waals surface area contributed by atoms with Crippen LogP contribution in [0.1, 0.15) is 13.3 Å². The quantitative estimate of drug-likeness (QED) is 0.518. The van der Waals surface area contributed by atoms with E-state index in [1.54, 1.807) is 0 Å². The molecule has 3 unspecified atom stereocenters. The Balaban J connectivity index is 2.36. The van der Waals surface area contributed by atoms with Crippen LogP contribution in [0.25, 0.3) is 0 Å². The molecular weight excluding hydrogens is 182 g/mol. The Hall–Kier alpha value is -0.650. The van der Waals surface area contributed by atoms with Crippen LogP contribution in [0.5, 0.6) is 0 Å². The van der Waals surface area contributed by atoms with Crippen molar-refractivity contribution in [1.82, 2.24) is 4.90 Å². The Labute approximate surface area is 84.0 Å². The fourth-order valence-corrected chi connectivity index (χ4v) is 1.75. The van der Waals surface area contributed by atoms with Crippen LogP contribution >= 0.6 is 0 Å². The van der Waals surface area contributed by atoms with Gasteiger partial charge in [0, 0.05) is 19.6 Å². The molecule has 0 aromatic rings. The van der Waals surface area contributed by atoms with Gasteiger partial charge in [-0.3, -0.25) is 4.79 Å². The van der Waals surface area contributed by atoms with E-state index in [9.17, 15) is 9.90 Å². The van der Waals surface area contributed by atoms with Gasteiger partial charge in [0.1, 0.15) is 0 Å². The highest BCUT2D eigenvalue weighted by Crippen LogP contribution is 2.16. The molecule has 3 atom stereocenters. The van der Waals surface area contributed by atoms with E-state index in [0.29, 0.717) is 6.54 Å². The average molecular weight is 201 g/mol. The number of carbonyl (C=O) groups is 1. The highest BCUT2D eigenvalue weighted by molar-refractivity contribution is 5.79. The summed E-state index contributed by atoms with van der Waals surface area (Å²) in [5, 5.41) is 9.49. The van der Waals surface area contributed by atoms with Gasteiger partial charge >= 0.3 is 0 Å². The molecule has 1 saturated heterocycles. The second kappa shape index (κ2) is 4.72. The lowest BCUT2D eigenvalue weighted by Gasteiger charge is -2.35. The summed E-state index contributed by atoms with van der Waals surface area (Å²) in [4.78, 5) is 12.8. The topological polar surface area (TPSA) is 92.6 Å². The van der Waals surface area contributed by atoms with Gasteiger partial charge in [-0.2, -0.15) is 0 Å². The molecule has 0 aromatic heterocycles. The first-order chi connectivity index (χ1) is 6.50. The van der Waals surface area contributed by atoms with Crippen molar-refractivity contribution in [1.29, 1.82) is 0 Å². The maximum Gasteiger partial charge on any atom is 0.235 e. The number of primary amides is 1. The van der Waals surface area contributed by atoms with Crippen molar-refractivity contribution in [3.05, 3.63) is 0 Å². The van der Waals surface area contributed by atoms with Crippen molar-refractivity contribution in [3.63, 3.8) is 0 Å². The zero-order valence-corrected chi connectivity index (χ0v) is 8.52. The van der Waals surface area contributed by atoms with Crippen LogP contribution in [-0.4, -0.2) is 47.7 Å². The molecule has 1 aliphatic rings. The summed E-state index contributed by atoms with van der Waals surface area (Å²) in [6, 6.07) is -0.600. The maximum atomic E-state index is 10.7. The zero-order chi connectivity index (χ0) is 10.7. The van der Waals surface area contributed by atoms with Gasteiger partial charge in [0.25, 0.3) is 0 Å². The van der Waals surface area contributed by atoms with Crippen molar-refractivity contribution < 1.29 is 9.90 Å². The number of carbonyl (C=O) groups excluding carboxylic acids is 1. The summed E-state index contributed by atoms with van der Waals surface area (Å²) in [5.41, 5.74) is 10.6. The number of aliphatic hydroxyl groups excluding tert-OH is 1. The van der Waals surface area contributed by atoms with Gasteiger partial charge in [-0.1, -0.05) is 6.92 Å². The molecule has 0 aliphatic carbocycles. The molecule has 0 aromatic carbocycles. The van der Waals surface area contributed by atoms with Gasteiger partial charge in [0.15, 0.2) is 0 Å². The molecule has 14 heavy (non-hydrogen) atoms. The van der Waals surface area contributed by atoms with E-state index in [4.69, 9.17) is 11.5 Å². The van der Waals surface area contributed by atoms with E-state index in [0.717, 1.165) is 19.5 Å². The highest BCUT2D eigenvalue weighted by atomic mass is 16.3. The SMILES string of the molecule is CC1CN(CC(N)C(N)=O)CCC1O. The van der Waals surface area contributed by atoms with Crippen LogP contribution in [0.15, 0.2) is 0 Å². The van der Waals surface area contributed by atoms with Gasteiger partial charge in [-0.15, -0.1) is 0 Å². The second-order valence-electron chi connectivity index (χ2n) is 4.10. The summed E-state index contributed by atoms with van der Waals surface area (Å²) < 4.78 is 0. The van der Waals surface area contributed by atoms with Gasteiger partial charge in [0.2, 0.25) is 5.91 Å². The Morgan fingerprint density at radius 2 is 2.36 bits per heavy atom. The Kier molecular flexibility index (Phi) is 3.86. The predicted octanol–water partition coefficient (Wildman–Crippen LogP) is -1.50. The van der Waals surface area contributed by atoms with Crippen molar-refractivity contribution in [2.75, 3.05) is 19.6 Å². The summed E-state index contributed by atoms with van der Waals surface area (Å²) in [7, 11) is 0. The summed E-state index contributed by atoms with van der Waals surface area (Å²) in [5.74, 6) is -0.229. The van der Waals surface area contributed by atoms with Crippen molar-refractivity contribution in [2.45, 2.75) is 25.5 Å². The minimum Gasteiger partial charge on any atom is -0.393 e.